The fourth-order valence-corrected chi connectivity index (χ4v) is 4.95. The van der Waals surface area contributed by atoms with Crippen LogP contribution in [0.1, 0.15) is 16.7 Å². The maximum atomic E-state index is 11.0. The van der Waals surface area contributed by atoms with Crippen LogP contribution in [0.3, 0.4) is 0 Å². The first-order valence-corrected chi connectivity index (χ1v) is 11.7. The molecule has 3 heterocycles. The summed E-state index contributed by atoms with van der Waals surface area (Å²) in [7, 11) is 0. The topological polar surface area (TPSA) is 102 Å². The summed E-state index contributed by atoms with van der Waals surface area (Å²) in [6.45, 7) is 3.28. The molecule has 158 valence electrons. The zero-order chi connectivity index (χ0) is 21.6. The standard InChI is InChI=1S/C22H21N5O2S2/c23-13-17-20(18-5-2-10-30-18)25-22(26-21(17)27-8-6-24-7-9-27)31-14-16-4-1-3-15(11-16)12-19(28)29/h1-5,10-11,24H,6-9,12,14H2,(H,28,29). The molecule has 31 heavy (non-hydrogen) atoms. The fourth-order valence-electron chi connectivity index (χ4n) is 3.45. The van der Waals surface area contributed by atoms with Crippen molar-refractivity contribution in [2.24, 2.45) is 0 Å². The van der Waals surface area contributed by atoms with Gasteiger partial charge in [0, 0.05) is 31.9 Å². The maximum Gasteiger partial charge on any atom is 0.307 e. The summed E-state index contributed by atoms with van der Waals surface area (Å²) in [6.07, 6.45) is 0.00153. The predicted octanol–water partition coefficient (Wildman–Crippen LogP) is 3.41. The van der Waals surface area contributed by atoms with Crippen molar-refractivity contribution < 1.29 is 9.90 Å². The summed E-state index contributed by atoms with van der Waals surface area (Å²) in [5, 5.41) is 24.9. The average molecular weight is 452 g/mol. The minimum atomic E-state index is -0.846. The molecule has 7 nitrogen and oxygen atoms in total. The van der Waals surface area contributed by atoms with Crippen molar-refractivity contribution in [1.29, 1.82) is 5.26 Å². The number of carboxylic acids is 1. The van der Waals surface area contributed by atoms with E-state index in [9.17, 15) is 10.1 Å². The van der Waals surface area contributed by atoms with Crippen molar-refractivity contribution in [2.75, 3.05) is 31.1 Å². The number of benzene rings is 1. The highest BCUT2D eigenvalue weighted by Crippen LogP contribution is 2.34. The first kappa shape index (κ1) is 21.3. The van der Waals surface area contributed by atoms with Crippen LogP contribution in [0.4, 0.5) is 5.82 Å². The number of nitriles is 1. The second-order valence-electron chi connectivity index (χ2n) is 7.06. The normalized spacial score (nSPS) is 13.7. The van der Waals surface area contributed by atoms with Gasteiger partial charge in [-0.25, -0.2) is 9.97 Å². The van der Waals surface area contributed by atoms with Gasteiger partial charge in [-0.2, -0.15) is 5.26 Å². The quantitative estimate of drug-likeness (QED) is 0.416. The molecule has 0 bridgehead atoms. The van der Waals surface area contributed by atoms with E-state index in [0.717, 1.165) is 42.2 Å². The Morgan fingerprint density at radius 1 is 1.23 bits per heavy atom. The van der Waals surface area contributed by atoms with Crippen molar-refractivity contribution in [3.8, 4) is 16.6 Å². The molecule has 1 aliphatic heterocycles. The second-order valence-corrected chi connectivity index (χ2v) is 8.95. The predicted molar refractivity (Wildman–Crippen MR) is 122 cm³/mol. The zero-order valence-corrected chi connectivity index (χ0v) is 18.4. The molecule has 1 fully saturated rings. The van der Waals surface area contributed by atoms with Gasteiger partial charge in [-0.1, -0.05) is 42.1 Å². The van der Waals surface area contributed by atoms with Crippen molar-refractivity contribution in [2.45, 2.75) is 17.3 Å². The molecule has 3 aromatic rings. The van der Waals surface area contributed by atoms with Crippen molar-refractivity contribution >= 4 is 34.9 Å². The van der Waals surface area contributed by atoms with Crippen LogP contribution >= 0.6 is 23.1 Å². The van der Waals surface area contributed by atoms with E-state index >= 15 is 0 Å². The van der Waals surface area contributed by atoms with E-state index in [1.807, 2.05) is 41.8 Å². The van der Waals surface area contributed by atoms with Gasteiger partial charge in [0.05, 0.1) is 11.3 Å². The van der Waals surface area contributed by atoms with E-state index in [1.165, 1.54) is 11.8 Å². The molecule has 0 radical (unpaired) electrons. The van der Waals surface area contributed by atoms with E-state index in [2.05, 4.69) is 16.3 Å². The number of anilines is 1. The Bertz CT molecular complexity index is 1110. The fraction of sp³-hybridized carbons (Fsp3) is 0.273. The van der Waals surface area contributed by atoms with Crippen molar-refractivity contribution in [1.82, 2.24) is 15.3 Å². The Kier molecular flexibility index (Phi) is 6.82. The van der Waals surface area contributed by atoms with E-state index in [1.54, 1.807) is 11.3 Å². The van der Waals surface area contributed by atoms with Crippen LogP contribution in [-0.4, -0.2) is 47.2 Å². The summed E-state index contributed by atoms with van der Waals surface area (Å²) in [4.78, 5) is 23.6. The van der Waals surface area contributed by atoms with Crippen LogP contribution < -0.4 is 10.2 Å². The molecule has 1 saturated heterocycles. The molecule has 0 spiro atoms. The van der Waals surface area contributed by atoms with Crippen molar-refractivity contribution in [3.05, 3.63) is 58.5 Å². The summed E-state index contributed by atoms with van der Waals surface area (Å²) in [6, 6.07) is 13.8. The number of aliphatic carboxylic acids is 1. The second kappa shape index (κ2) is 9.92. The number of piperazine rings is 1. The van der Waals surface area contributed by atoms with Gasteiger partial charge in [0.1, 0.15) is 17.3 Å². The molecule has 0 aliphatic carbocycles. The summed E-state index contributed by atoms with van der Waals surface area (Å²) in [5.74, 6) is 0.454. The first-order valence-electron chi connectivity index (χ1n) is 9.88. The van der Waals surface area contributed by atoms with Crippen LogP contribution in [0.15, 0.2) is 46.9 Å². The number of carboxylic acid groups (broad SMARTS) is 1. The van der Waals surface area contributed by atoms with Gasteiger partial charge in [0.15, 0.2) is 11.0 Å². The van der Waals surface area contributed by atoms with Gasteiger partial charge in [-0.15, -0.1) is 11.3 Å². The Balaban J connectivity index is 1.65. The lowest BCUT2D eigenvalue weighted by Crippen LogP contribution is -2.44. The molecule has 0 saturated carbocycles. The first-order chi connectivity index (χ1) is 15.1. The van der Waals surface area contributed by atoms with Crippen LogP contribution in [-0.2, 0) is 17.0 Å². The summed E-state index contributed by atoms with van der Waals surface area (Å²) < 4.78 is 0. The highest BCUT2D eigenvalue weighted by Gasteiger charge is 2.22. The Hall–Kier alpha value is -2.93. The molecule has 0 amide bonds. The van der Waals surface area contributed by atoms with Crippen LogP contribution in [0.25, 0.3) is 10.6 Å². The van der Waals surface area contributed by atoms with E-state index in [0.29, 0.717) is 28.0 Å². The van der Waals surface area contributed by atoms with Gasteiger partial charge >= 0.3 is 5.97 Å². The van der Waals surface area contributed by atoms with Crippen LogP contribution in [0, 0.1) is 11.3 Å². The number of hydrogen-bond acceptors (Lipinski definition) is 8. The Labute approximate surface area is 188 Å². The molecular formula is C22H21N5O2S2. The number of thiophene rings is 1. The third-order valence-corrected chi connectivity index (χ3v) is 6.66. The number of aromatic nitrogens is 2. The molecule has 1 aromatic carbocycles. The SMILES string of the molecule is N#Cc1c(-c2cccs2)nc(SCc2cccc(CC(=O)O)c2)nc1N1CCNCC1. The average Bonchev–Trinajstić information content (AvgIpc) is 3.32. The monoisotopic (exact) mass is 451 g/mol. The van der Waals surface area contributed by atoms with Gasteiger partial charge in [-0.05, 0) is 22.6 Å². The minimum Gasteiger partial charge on any atom is -0.481 e. The molecule has 2 aromatic heterocycles. The van der Waals surface area contributed by atoms with E-state index in [4.69, 9.17) is 15.1 Å². The molecule has 2 N–H and O–H groups in total. The smallest absolute Gasteiger partial charge is 0.307 e. The molecule has 1 aliphatic rings. The maximum absolute atomic E-state index is 11.0. The summed E-state index contributed by atoms with van der Waals surface area (Å²) in [5.41, 5.74) is 2.96. The van der Waals surface area contributed by atoms with Crippen LogP contribution in [0.2, 0.25) is 0 Å². The third-order valence-electron chi connectivity index (χ3n) is 4.87. The molecule has 4 rings (SSSR count). The van der Waals surface area contributed by atoms with Gasteiger partial charge < -0.3 is 15.3 Å². The Morgan fingerprint density at radius 3 is 2.74 bits per heavy atom. The van der Waals surface area contributed by atoms with Gasteiger partial charge in [-0.3, -0.25) is 4.79 Å². The molecular weight excluding hydrogens is 430 g/mol. The Morgan fingerprint density at radius 2 is 2.03 bits per heavy atom. The largest absolute Gasteiger partial charge is 0.481 e. The highest BCUT2D eigenvalue weighted by molar-refractivity contribution is 7.98. The number of nitrogens with zero attached hydrogens (tertiary/aromatic N) is 4. The van der Waals surface area contributed by atoms with Crippen molar-refractivity contribution in [3.63, 3.8) is 0 Å². The number of rotatable bonds is 7. The van der Waals surface area contributed by atoms with Gasteiger partial charge in [0.25, 0.3) is 0 Å². The minimum absolute atomic E-state index is 0.00153. The third kappa shape index (κ3) is 5.22. The van der Waals surface area contributed by atoms with Gasteiger partial charge in [0.2, 0.25) is 0 Å². The molecule has 9 heteroatoms. The van der Waals surface area contributed by atoms with E-state index in [-0.39, 0.29) is 6.42 Å². The highest BCUT2D eigenvalue weighted by atomic mass is 32.2. The number of nitrogens with one attached hydrogen (secondary N) is 1. The molecule has 0 atom stereocenters. The molecule has 0 unspecified atom stereocenters. The number of carbonyl (C=O) groups is 1. The van der Waals surface area contributed by atoms with E-state index < -0.39 is 5.97 Å². The number of thioether (sulfide) groups is 1. The lowest BCUT2D eigenvalue weighted by atomic mass is 10.1. The lowest BCUT2D eigenvalue weighted by Gasteiger charge is -2.29. The van der Waals surface area contributed by atoms with Crippen LogP contribution in [0.5, 0.6) is 0 Å². The lowest BCUT2D eigenvalue weighted by molar-refractivity contribution is -0.136. The number of hydrogen-bond donors (Lipinski definition) is 2. The zero-order valence-electron chi connectivity index (χ0n) is 16.7. The summed E-state index contributed by atoms with van der Waals surface area (Å²) >= 11 is 3.05.